The van der Waals surface area contributed by atoms with E-state index < -0.39 is 0 Å². The molecule has 3 nitrogen and oxygen atoms in total. The van der Waals surface area contributed by atoms with Gasteiger partial charge in [0.25, 0.3) is 5.91 Å². The van der Waals surface area contributed by atoms with Crippen LogP contribution in [0, 0.1) is 22.7 Å². The molecule has 0 saturated heterocycles. The Kier molecular flexibility index (Phi) is 5.27. The van der Waals surface area contributed by atoms with Crippen molar-refractivity contribution < 1.29 is 4.79 Å². The number of fused-ring (bicyclic) bond motifs is 2. The first-order chi connectivity index (χ1) is 13.8. The van der Waals surface area contributed by atoms with Crippen LogP contribution in [0.15, 0.2) is 40.9 Å². The van der Waals surface area contributed by atoms with Crippen LogP contribution in [0.2, 0.25) is 0 Å². The standard InChI is InChI=1S/C24H23BrN2OS/c1-24(2,3)14-10-11-17-19(13-26)23(29-21(17)12-14)27-22(28)18-8-4-7-16-15(18)6-5-9-20(16)25/h4-9,14H,10-12H2,1-3H3,(H,27,28)/t14-/m1/s1. The van der Waals surface area contributed by atoms with Crippen LogP contribution < -0.4 is 5.32 Å². The van der Waals surface area contributed by atoms with Crippen molar-refractivity contribution in [2.24, 2.45) is 11.3 Å². The molecular weight excluding hydrogens is 444 g/mol. The average molecular weight is 467 g/mol. The Balaban J connectivity index is 1.68. The van der Waals surface area contributed by atoms with Gasteiger partial charge in [-0.15, -0.1) is 11.3 Å². The molecule has 2 aromatic carbocycles. The van der Waals surface area contributed by atoms with E-state index in [2.05, 4.69) is 48.1 Å². The third kappa shape index (κ3) is 3.72. The highest BCUT2D eigenvalue weighted by atomic mass is 79.9. The van der Waals surface area contributed by atoms with E-state index in [1.54, 1.807) is 11.3 Å². The fraction of sp³-hybridized carbons (Fsp3) is 0.333. The lowest BCUT2D eigenvalue weighted by atomic mass is 9.72. The molecule has 0 radical (unpaired) electrons. The highest BCUT2D eigenvalue weighted by molar-refractivity contribution is 9.10. The van der Waals surface area contributed by atoms with Crippen LogP contribution in [-0.4, -0.2) is 5.91 Å². The summed E-state index contributed by atoms with van der Waals surface area (Å²) >= 11 is 5.13. The molecule has 1 aliphatic carbocycles. The van der Waals surface area contributed by atoms with Gasteiger partial charge in [0.1, 0.15) is 11.1 Å². The van der Waals surface area contributed by atoms with Gasteiger partial charge in [0, 0.05) is 14.9 Å². The number of nitrogens with zero attached hydrogens (tertiary/aromatic N) is 1. The SMILES string of the molecule is CC(C)(C)[C@@H]1CCc2c(sc(NC(=O)c3cccc4c(Br)cccc34)c2C#N)C1. The normalized spacial score (nSPS) is 16.3. The van der Waals surface area contributed by atoms with Crippen molar-refractivity contribution in [1.29, 1.82) is 5.26 Å². The Morgan fingerprint density at radius 2 is 1.93 bits per heavy atom. The van der Waals surface area contributed by atoms with Gasteiger partial charge in [0.15, 0.2) is 0 Å². The second-order valence-corrected chi connectivity index (χ2v) is 10.7. The van der Waals surface area contributed by atoms with Gasteiger partial charge in [0.2, 0.25) is 0 Å². The number of halogens is 1. The summed E-state index contributed by atoms with van der Waals surface area (Å²) in [5, 5.41) is 15.4. The molecule has 1 amide bonds. The molecule has 0 fully saturated rings. The Hall–Kier alpha value is -2.16. The van der Waals surface area contributed by atoms with E-state index in [4.69, 9.17) is 0 Å². The molecule has 0 aliphatic heterocycles. The van der Waals surface area contributed by atoms with Gasteiger partial charge < -0.3 is 5.32 Å². The summed E-state index contributed by atoms with van der Waals surface area (Å²) in [5.74, 6) is 0.426. The molecule has 4 rings (SSSR count). The third-order valence-electron chi connectivity index (χ3n) is 5.94. The van der Waals surface area contributed by atoms with Gasteiger partial charge in [-0.3, -0.25) is 4.79 Å². The smallest absolute Gasteiger partial charge is 0.256 e. The van der Waals surface area contributed by atoms with Gasteiger partial charge >= 0.3 is 0 Å². The minimum atomic E-state index is -0.170. The number of nitriles is 1. The third-order valence-corrected chi connectivity index (χ3v) is 7.80. The number of hydrogen-bond acceptors (Lipinski definition) is 3. The maximum atomic E-state index is 13.1. The minimum Gasteiger partial charge on any atom is -0.312 e. The molecule has 3 aromatic rings. The highest BCUT2D eigenvalue weighted by Gasteiger charge is 2.32. The van der Waals surface area contributed by atoms with Crippen molar-refractivity contribution in [2.45, 2.75) is 40.0 Å². The maximum Gasteiger partial charge on any atom is 0.256 e. The van der Waals surface area contributed by atoms with E-state index in [0.717, 1.165) is 40.1 Å². The van der Waals surface area contributed by atoms with E-state index in [1.165, 1.54) is 4.88 Å². The molecular formula is C24H23BrN2OS. The number of anilines is 1. The number of nitrogens with one attached hydrogen (secondary N) is 1. The van der Waals surface area contributed by atoms with Crippen molar-refractivity contribution in [3.8, 4) is 6.07 Å². The number of hydrogen-bond donors (Lipinski definition) is 1. The molecule has 1 atom stereocenters. The zero-order chi connectivity index (χ0) is 20.8. The van der Waals surface area contributed by atoms with Gasteiger partial charge in [-0.2, -0.15) is 5.26 Å². The van der Waals surface area contributed by atoms with Crippen LogP contribution in [0.4, 0.5) is 5.00 Å². The number of benzene rings is 2. The first kappa shape index (κ1) is 20.1. The lowest BCUT2D eigenvalue weighted by molar-refractivity contribution is 0.102. The molecule has 5 heteroatoms. The summed E-state index contributed by atoms with van der Waals surface area (Å²) in [6, 6.07) is 13.9. The van der Waals surface area contributed by atoms with E-state index in [0.29, 0.717) is 22.0 Å². The van der Waals surface area contributed by atoms with Crippen molar-refractivity contribution in [1.82, 2.24) is 0 Å². The molecule has 1 N–H and O–H groups in total. The zero-order valence-corrected chi connectivity index (χ0v) is 19.2. The van der Waals surface area contributed by atoms with Crippen molar-refractivity contribution in [3.05, 3.63) is 62.4 Å². The summed E-state index contributed by atoms with van der Waals surface area (Å²) < 4.78 is 0.960. The summed E-state index contributed by atoms with van der Waals surface area (Å²) in [6.07, 6.45) is 2.98. The summed E-state index contributed by atoms with van der Waals surface area (Å²) in [5.41, 5.74) is 2.64. The van der Waals surface area contributed by atoms with Crippen molar-refractivity contribution in [3.63, 3.8) is 0 Å². The Bertz CT molecular complexity index is 1150. The predicted molar refractivity (Wildman–Crippen MR) is 124 cm³/mol. The highest BCUT2D eigenvalue weighted by Crippen LogP contribution is 2.44. The molecule has 1 heterocycles. The van der Waals surface area contributed by atoms with Gasteiger partial charge in [0.05, 0.1) is 5.56 Å². The number of carbonyl (C=O) groups is 1. The Labute approximate surface area is 183 Å². The summed E-state index contributed by atoms with van der Waals surface area (Å²) in [4.78, 5) is 14.4. The van der Waals surface area contributed by atoms with E-state index >= 15 is 0 Å². The quantitative estimate of drug-likeness (QED) is 0.444. The Morgan fingerprint density at radius 3 is 2.66 bits per heavy atom. The molecule has 0 bridgehead atoms. The number of carbonyl (C=O) groups excluding carboxylic acids is 1. The van der Waals surface area contributed by atoms with Crippen LogP contribution in [0.25, 0.3) is 10.8 Å². The fourth-order valence-corrected chi connectivity index (χ4v) is 5.94. The maximum absolute atomic E-state index is 13.1. The first-order valence-electron chi connectivity index (χ1n) is 9.83. The van der Waals surface area contributed by atoms with Crippen LogP contribution in [-0.2, 0) is 12.8 Å². The fourth-order valence-electron chi connectivity index (χ4n) is 4.17. The molecule has 148 valence electrons. The lowest BCUT2D eigenvalue weighted by Gasteiger charge is -2.33. The van der Waals surface area contributed by atoms with E-state index in [9.17, 15) is 10.1 Å². The molecule has 29 heavy (non-hydrogen) atoms. The van der Waals surface area contributed by atoms with Crippen LogP contribution >= 0.6 is 27.3 Å². The summed E-state index contributed by atoms with van der Waals surface area (Å²) in [7, 11) is 0. The summed E-state index contributed by atoms with van der Waals surface area (Å²) in [6.45, 7) is 6.84. The van der Waals surface area contributed by atoms with E-state index in [1.807, 2.05) is 36.4 Å². The van der Waals surface area contributed by atoms with E-state index in [-0.39, 0.29) is 11.3 Å². The van der Waals surface area contributed by atoms with Crippen LogP contribution in [0.3, 0.4) is 0 Å². The Morgan fingerprint density at radius 1 is 1.21 bits per heavy atom. The van der Waals surface area contributed by atoms with Crippen molar-refractivity contribution >= 4 is 48.9 Å². The number of thiophene rings is 1. The van der Waals surface area contributed by atoms with Gasteiger partial charge in [-0.1, -0.05) is 61.0 Å². The van der Waals surface area contributed by atoms with Crippen molar-refractivity contribution in [2.75, 3.05) is 5.32 Å². The van der Waals surface area contributed by atoms with Gasteiger partial charge in [-0.25, -0.2) is 0 Å². The first-order valence-corrected chi connectivity index (χ1v) is 11.4. The van der Waals surface area contributed by atoms with Crippen LogP contribution in [0.1, 0.15) is 53.6 Å². The largest absolute Gasteiger partial charge is 0.312 e. The molecule has 1 aromatic heterocycles. The predicted octanol–water partition coefficient (Wildman–Crippen LogP) is 6.94. The molecule has 0 saturated carbocycles. The zero-order valence-electron chi connectivity index (χ0n) is 16.8. The monoisotopic (exact) mass is 466 g/mol. The topological polar surface area (TPSA) is 52.9 Å². The molecule has 0 spiro atoms. The average Bonchev–Trinajstić information content (AvgIpc) is 3.03. The second-order valence-electron chi connectivity index (χ2n) is 8.72. The number of amides is 1. The minimum absolute atomic E-state index is 0.170. The lowest BCUT2D eigenvalue weighted by Crippen LogP contribution is -2.26. The number of rotatable bonds is 2. The second kappa shape index (κ2) is 7.59. The van der Waals surface area contributed by atoms with Gasteiger partial charge in [-0.05, 0) is 59.1 Å². The van der Waals surface area contributed by atoms with Crippen LogP contribution in [0.5, 0.6) is 0 Å². The molecule has 0 unspecified atom stereocenters. The molecule has 1 aliphatic rings.